The van der Waals surface area contributed by atoms with Gasteiger partial charge in [-0.15, -0.1) is 0 Å². The van der Waals surface area contributed by atoms with Gasteiger partial charge in [0.2, 0.25) is 0 Å². The molecule has 0 heterocycles. The zero-order valence-electron chi connectivity index (χ0n) is 8.97. The molecule has 0 aliphatic rings. The summed E-state index contributed by atoms with van der Waals surface area (Å²) in [7, 11) is 0. The van der Waals surface area contributed by atoms with Crippen LogP contribution in [0.2, 0.25) is 0 Å². The van der Waals surface area contributed by atoms with Gasteiger partial charge in [-0.3, -0.25) is 0 Å². The van der Waals surface area contributed by atoms with Gasteiger partial charge in [-0.1, -0.05) is 12.7 Å². The molecule has 0 aromatic heterocycles. The summed E-state index contributed by atoms with van der Waals surface area (Å²) in [4.78, 5) is 21.8. The summed E-state index contributed by atoms with van der Waals surface area (Å²) in [5.41, 5.74) is -0.580. The van der Waals surface area contributed by atoms with Gasteiger partial charge in [-0.2, -0.15) is 0 Å². The fraction of sp³-hybridized carbons (Fsp3) is 0.0833. The quantitative estimate of drug-likeness (QED) is 0.760. The van der Waals surface area contributed by atoms with Gasteiger partial charge in [0.15, 0.2) is 0 Å². The van der Waals surface area contributed by atoms with E-state index in [0.717, 1.165) is 6.07 Å². The Balaban J connectivity index is 3.30. The first-order valence-corrected chi connectivity index (χ1v) is 4.67. The fourth-order valence-corrected chi connectivity index (χ4v) is 1.33. The molecule has 0 aliphatic heterocycles. The summed E-state index contributed by atoms with van der Waals surface area (Å²) in [5, 5.41) is 17.8. The second-order valence-corrected chi connectivity index (χ2v) is 3.21. The van der Waals surface area contributed by atoms with Gasteiger partial charge < -0.3 is 14.9 Å². The van der Waals surface area contributed by atoms with Crippen molar-refractivity contribution < 1.29 is 24.5 Å². The van der Waals surface area contributed by atoms with E-state index < -0.39 is 11.9 Å². The SMILES string of the molecule is [CH2]c1cc(OCC=C)cc(C(=O)O)c1C(=O)O. The van der Waals surface area contributed by atoms with E-state index in [2.05, 4.69) is 13.5 Å². The van der Waals surface area contributed by atoms with E-state index in [-0.39, 0.29) is 29.0 Å². The molecule has 1 rings (SSSR count). The van der Waals surface area contributed by atoms with Gasteiger partial charge in [-0.25, -0.2) is 9.59 Å². The molecule has 1 aromatic rings. The summed E-state index contributed by atoms with van der Waals surface area (Å²) in [5.74, 6) is -2.42. The number of benzene rings is 1. The highest BCUT2D eigenvalue weighted by molar-refractivity contribution is 6.03. The molecule has 0 aliphatic carbocycles. The number of rotatable bonds is 5. The maximum Gasteiger partial charge on any atom is 0.336 e. The van der Waals surface area contributed by atoms with Crippen molar-refractivity contribution >= 4 is 11.9 Å². The van der Waals surface area contributed by atoms with E-state index >= 15 is 0 Å². The summed E-state index contributed by atoms with van der Waals surface area (Å²) >= 11 is 0. The molecule has 0 saturated carbocycles. The molecule has 17 heavy (non-hydrogen) atoms. The lowest BCUT2D eigenvalue weighted by atomic mass is 10.0. The maximum absolute atomic E-state index is 10.9. The number of aromatic carboxylic acids is 2. The predicted molar refractivity (Wildman–Crippen MR) is 60.5 cm³/mol. The Hall–Kier alpha value is -2.30. The monoisotopic (exact) mass is 235 g/mol. The molecule has 89 valence electrons. The van der Waals surface area contributed by atoms with Crippen molar-refractivity contribution in [3.8, 4) is 5.75 Å². The van der Waals surface area contributed by atoms with Gasteiger partial charge in [0.1, 0.15) is 12.4 Å². The standard InChI is InChI=1S/C12H11O5/c1-3-4-17-8-5-7(2)10(12(15)16)9(6-8)11(13)14/h3,5-6H,1-2,4H2,(H,13,14)(H,15,16). The van der Waals surface area contributed by atoms with E-state index in [1.54, 1.807) is 0 Å². The third-order valence-corrected chi connectivity index (χ3v) is 2.01. The fourth-order valence-electron chi connectivity index (χ4n) is 1.33. The summed E-state index contributed by atoms with van der Waals surface area (Å²) < 4.78 is 5.15. The average molecular weight is 235 g/mol. The van der Waals surface area contributed by atoms with Crippen LogP contribution in [0.1, 0.15) is 26.3 Å². The van der Waals surface area contributed by atoms with Crippen molar-refractivity contribution in [3.63, 3.8) is 0 Å². The van der Waals surface area contributed by atoms with Crippen LogP contribution in [0.15, 0.2) is 24.8 Å². The second-order valence-electron chi connectivity index (χ2n) is 3.21. The molecule has 0 spiro atoms. The van der Waals surface area contributed by atoms with Crippen LogP contribution >= 0.6 is 0 Å². The molecule has 0 saturated heterocycles. The highest BCUT2D eigenvalue weighted by Crippen LogP contribution is 2.22. The lowest BCUT2D eigenvalue weighted by Gasteiger charge is -2.09. The van der Waals surface area contributed by atoms with E-state index in [1.165, 1.54) is 12.1 Å². The molecular weight excluding hydrogens is 224 g/mol. The van der Waals surface area contributed by atoms with Crippen molar-refractivity contribution in [2.24, 2.45) is 0 Å². The van der Waals surface area contributed by atoms with Crippen LogP contribution in [0.4, 0.5) is 0 Å². The average Bonchev–Trinajstić information content (AvgIpc) is 2.24. The molecular formula is C12H11O5. The first-order chi connectivity index (χ1) is 7.97. The van der Waals surface area contributed by atoms with Crippen LogP contribution in [-0.4, -0.2) is 28.8 Å². The number of carbonyl (C=O) groups is 2. The first-order valence-electron chi connectivity index (χ1n) is 4.67. The van der Waals surface area contributed by atoms with Gasteiger partial charge in [0.05, 0.1) is 11.1 Å². The molecule has 5 nitrogen and oxygen atoms in total. The van der Waals surface area contributed by atoms with E-state index in [0.29, 0.717) is 0 Å². The van der Waals surface area contributed by atoms with Crippen LogP contribution in [0, 0.1) is 6.92 Å². The number of carboxylic acid groups (broad SMARTS) is 2. The summed E-state index contributed by atoms with van der Waals surface area (Å²) in [6.07, 6.45) is 1.49. The van der Waals surface area contributed by atoms with Crippen LogP contribution in [0.5, 0.6) is 5.75 Å². The second kappa shape index (κ2) is 5.16. The van der Waals surface area contributed by atoms with Gasteiger partial charge in [-0.05, 0) is 24.6 Å². The Morgan fingerprint density at radius 2 is 1.94 bits per heavy atom. The van der Waals surface area contributed by atoms with E-state index in [1.807, 2.05) is 0 Å². The normalized spacial score (nSPS) is 9.71. The lowest BCUT2D eigenvalue weighted by molar-refractivity contribution is 0.0650. The molecule has 0 bridgehead atoms. The van der Waals surface area contributed by atoms with Crippen LogP contribution in [-0.2, 0) is 0 Å². The highest BCUT2D eigenvalue weighted by Gasteiger charge is 2.20. The third-order valence-electron chi connectivity index (χ3n) is 2.01. The smallest absolute Gasteiger partial charge is 0.336 e. The Labute approximate surface area is 98.0 Å². The summed E-state index contributed by atoms with van der Waals surface area (Å²) in [6, 6.07) is 2.53. The van der Waals surface area contributed by atoms with Gasteiger partial charge in [0, 0.05) is 0 Å². The molecule has 0 atom stereocenters. The number of ether oxygens (including phenoxy) is 1. The predicted octanol–water partition coefficient (Wildman–Crippen LogP) is 1.83. The van der Waals surface area contributed by atoms with Gasteiger partial charge in [0.25, 0.3) is 0 Å². The Morgan fingerprint density at radius 3 is 2.41 bits per heavy atom. The minimum absolute atomic E-state index is 0.0939. The largest absolute Gasteiger partial charge is 0.490 e. The minimum atomic E-state index is -1.34. The number of hydrogen-bond acceptors (Lipinski definition) is 3. The van der Waals surface area contributed by atoms with Crippen molar-refractivity contribution in [2.75, 3.05) is 6.61 Å². The molecule has 2 N–H and O–H groups in total. The van der Waals surface area contributed by atoms with Crippen molar-refractivity contribution in [2.45, 2.75) is 0 Å². The maximum atomic E-state index is 10.9. The van der Waals surface area contributed by atoms with Crippen molar-refractivity contribution in [3.05, 3.63) is 48.4 Å². The molecule has 1 aromatic carbocycles. The first kappa shape index (κ1) is 12.8. The molecule has 0 fully saturated rings. The van der Waals surface area contributed by atoms with E-state index in [9.17, 15) is 9.59 Å². The third kappa shape index (κ3) is 2.84. The zero-order chi connectivity index (χ0) is 13.0. The highest BCUT2D eigenvalue weighted by atomic mass is 16.5. The zero-order valence-corrected chi connectivity index (χ0v) is 8.97. The molecule has 1 radical (unpaired) electrons. The summed E-state index contributed by atoms with van der Waals surface area (Å²) in [6.45, 7) is 7.15. The van der Waals surface area contributed by atoms with Crippen LogP contribution < -0.4 is 4.74 Å². The van der Waals surface area contributed by atoms with Gasteiger partial charge >= 0.3 is 11.9 Å². The van der Waals surface area contributed by atoms with Crippen LogP contribution in [0.3, 0.4) is 0 Å². The minimum Gasteiger partial charge on any atom is -0.490 e. The topological polar surface area (TPSA) is 83.8 Å². The molecule has 0 amide bonds. The van der Waals surface area contributed by atoms with Crippen LogP contribution in [0.25, 0.3) is 0 Å². The number of carboxylic acids is 2. The Kier molecular flexibility index (Phi) is 3.87. The Bertz CT molecular complexity index is 476. The lowest BCUT2D eigenvalue weighted by Crippen LogP contribution is -2.11. The molecule has 5 heteroatoms. The Morgan fingerprint density at radius 1 is 1.29 bits per heavy atom. The molecule has 0 unspecified atom stereocenters. The van der Waals surface area contributed by atoms with Crippen molar-refractivity contribution in [1.29, 1.82) is 0 Å². The number of hydrogen-bond donors (Lipinski definition) is 2. The van der Waals surface area contributed by atoms with Crippen molar-refractivity contribution in [1.82, 2.24) is 0 Å². The van der Waals surface area contributed by atoms with E-state index in [4.69, 9.17) is 14.9 Å².